The SMILES string of the molecule is CCC1(C(Br)(Br)Oc2c(Cl)c(Cl)c(Cl)c(Cl)c2Cl)C(Br)OC1(Br)Br. The highest BCUT2D eigenvalue weighted by Crippen LogP contribution is 2.71. The van der Waals surface area contributed by atoms with Crippen LogP contribution < -0.4 is 4.74 Å². The second kappa shape index (κ2) is 7.92. The van der Waals surface area contributed by atoms with Crippen molar-refractivity contribution < 1.29 is 9.47 Å². The number of alkyl halides is 5. The van der Waals surface area contributed by atoms with E-state index in [0.29, 0.717) is 6.42 Å². The molecule has 1 aliphatic heterocycles. The average Bonchev–Trinajstić information content (AvgIpc) is 2.47. The van der Waals surface area contributed by atoms with Crippen LogP contribution in [0.25, 0.3) is 0 Å². The Balaban J connectivity index is 2.55. The Morgan fingerprint density at radius 2 is 1.42 bits per heavy atom. The summed E-state index contributed by atoms with van der Waals surface area (Å²) in [5.74, 6) is 0.0849. The fraction of sp³-hybridized carbons (Fsp3) is 0.500. The Bertz CT molecular complexity index is 657. The van der Waals surface area contributed by atoms with E-state index < -0.39 is 12.3 Å². The number of hydrogen-bond donors (Lipinski definition) is 0. The van der Waals surface area contributed by atoms with Gasteiger partial charge in [0.2, 0.25) is 3.42 Å². The smallest absolute Gasteiger partial charge is 0.231 e. The van der Waals surface area contributed by atoms with Gasteiger partial charge in [0.1, 0.15) is 20.5 Å². The van der Waals surface area contributed by atoms with Crippen molar-refractivity contribution in [3.8, 4) is 5.75 Å². The van der Waals surface area contributed by atoms with E-state index >= 15 is 0 Å². The van der Waals surface area contributed by atoms with Crippen molar-refractivity contribution in [3.05, 3.63) is 25.1 Å². The van der Waals surface area contributed by atoms with Crippen molar-refractivity contribution >= 4 is 138 Å². The van der Waals surface area contributed by atoms with Gasteiger partial charge in [-0.3, -0.25) is 0 Å². The van der Waals surface area contributed by atoms with Gasteiger partial charge in [0.25, 0.3) is 0 Å². The molecule has 0 bridgehead atoms. The molecule has 0 radical (unpaired) electrons. The topological polar surface area (TPSA) is 18.5 Å². The maximum absolute atomic E-state index is 6.25. The van der Waals surface area contributed by atoms with Gasteiger partial charge in [0.15, 0.2) is 9.17 Å². The second-order valence-corrected chi connectivity index (χ2v) is 14.1. The van der Waals surface area contributed by atoms with Gasteiger partial charge in [-0.25, -0.2) is 0 Å². The molecule has 1 aromatic rings. The van der Waals surface area contributed by atoms with Crippen molar-refractivity contribution in [2.75, 3.05) is 0 Å². The molecule has 1 heterocycles. The monoisotopic (exact) mass is 751 g/mol. The molecule has 24 heavy (non-hydrogen) atoms. The van der Waals surface area contributed by atoms with Gasteiger partial charge in [-0.1, -0.05) is 80.9 Å². The summed E-state index contributed by atoms with van der Waals surface area (Å²) in [7, 11) is 0. The zero-order chi connectivity index (χ0) is 18.7. The van der Waals surface area contributed by atoms with Gasteiger partial charge in [-0.2, -0.15) is 0 Å². The minimum atomic E-state index is -1.16. The first-order valence-corrected chi connectivity index (χ1v) is 12.1. The molecule has 2 unspecified atom stereocenters. The fourth-order valence-corrected chi connectivity index (χ4v) is 11.2. The van der Waals surface area contributed by atoms with Crippen LogP contribution >= 0.6 is 138 Å². The van der Waals surface area contributed by atoms with E-state index in [4.69, 9.17) is 67.5 Å². The summed E-state index contributed by atoms with van der Waals surface area (Å²) in [6, 6.07) is 0. The van der Waals surface area contributed by atoms with Crippen molar-refractivity contribution in [2.24, 2.45) is 5.41 Å². The van der Waals surface area contributed by atoms with Crippen LogP contribution in [-0.2, 0) is 4.74 Å². The second-order valence-electron chi connectivity index (χ2n) is 4.79. The summed E-state index contributed by atoms with van der Waals surface area (Å²) in [6.45, 7) is 1.97. The zero-order valence-corrected chi connectivity index (χ0v) is 23.1. The number of rotatable bonds is 4. The largest absolute Gasteiger partial charge is 0.462 e. The Morgan fingerprint density at radius 3 is 1.75 bits per heavy atom. The molecule has 0 saturated carbocycles. The molecule has 0 aliphatic carbocycles. The molecule has 2 nitrogen and oxygen atoms in total. The lowest BCUT2D eigenvalue weighted by atomic mass is 9.83. The predicted octanol–water partition coefficient (Wildman–Crippen LogP) is 9.37. The number of hydrogen-bond acceptors (Lipinski definition) is 2. The quantitative estimate of drug-likeness (QED) is 0.173. The molecule has 0 amide bonds. The first kappa shape index (κ1) is 23.1. The molecular formula is C12H6Br5Cl5O2. The van der Waals surface area contributed by atoms with Gasteiger partial charge in [0.05, 0.1) is 15.1 Å². The van der Waals surface area contributed by atoms with E-state index in [1.54, 1.807) is 0 Å². The van der Waals surface area contributed by atoms with Gasteiger partial charge in [-0.05, 0) is 70.1 Å². The third kappa shape index (κ3) is 3.46. The summed E-state index contributed by atoms with van der Waals surface area (Å²) < 4.78 is 9.68. The Morgan fingerprint density at radius 1 is 1.00 bits per heavy atom. The third-order valence-electron chi connectivity index (χ3n) is 3.64. The van der Waals surface area contributed by atoms with Gasteiger partial charge < -0.3 is 9.47 Å². The summed E-state index contributed by atoms with van der Waals surface area (Å²) in [5.41, 5.74) is -0.661. The maximum Gasteiger partial charge on any atom is 0.231 e. The van der Waals surface area contributed by atoms with E-state index in [0.717, 1.165) is 0 Å². The molecule has 0 aromatic heterocycles. The molecule has 136 valence electrons. The summed E-state index contributed by atoms with van der Waals surface area (Å²) >= 11 is 48.3. The molecule has 1 fully saturated rings. The molecule has 1 aromatic carbocycles. The standard InChI is InChI=1S/C12H6Br5Cl5O2/c1-2-10(9(13)24-12(10,16)17)11(14,15)23-8-6(21)4(19)3(18)5(20)7(8)22/h9H,2H2,1H3. The average molecular weight is 759 g/mol. The lowest BCUT2D eigenvalue weighted by Crippen LogP contribution is -2.68. The van der Waals surface area contributed by atoms with E-state index in [1.807, 2.05) is 6.92 Å². The van der Waals surface area contributed by atoms with Crippen molar-refractivity contribution in [2.45, 2.75) is 25.2 Å². The maximum atomic E-state index is 6.25. The van der Waals surface area contributed by atoms with E-state index in [-0.39, 0.29) is 35.9 Å². The molecule has 2 atom stereocenters. The van der Waals surface area contributed by atoms with Crippen LogP contribution in [0.2, 0.25) is 25.1 Å². The number of benzene rings is 1. The summed E-state index contributed by atoms with van der Waals surface area (Å²) in [6.07, 6.45) is 0.625. The first-order chi connectivity index (χ1) is 10.8. The molecule has 0 N–H and O–H groups in total. The van der Waals surface area contributed by atoms with Crippen LogP contribution in [0, 0.1) is 5.41 Å². The normalized spacial score (nSPS) is 26.2. The van der Waals surface area contributed by atoms with Crippen LogP contribution in [0.1, 0.15) is 13.3 Å². The van der Waals surface area contributed by atoms with Crippen molar-refractivity contribution in [3.63, 3.8) is 0 Å². The fourth-order valence-electron chi connectivity index (χ4n) is 2.18. The molecule has 2 rings (SSSR count). The number of ether oxygens (including phenoxy) is 2. The van der Waals surface area contributed by atoms with Crippen LogP contribution in [0.15, 0.2) is 0 Å². The van der Waals surface area contributed by atoms with E-state index in [1.165, 1.54) is 0 Å². The summed E-state index contributed by atoms with van der Waals surface area (Å²) in [4.78, 5) is 0. The van der Waals surface area contributed by atoms with E-state index in [9.17, 15) is 0 Å². The molecule has 12 heteroatoms. The Kier molecular flexibility index (Phi) is 7.63. The third-order valence-corrected chi connectivity index (χ3v) is 10.4. The lowest BCUT2D eigenvalue weighted by molar-refractivity contribution is -0.199. The molecule has 1 saturated heterocycles. The molecule has 0 spiro atoms. The van der Waals surface area contributed by atoms with Crippen LogP contribution in [0.3, 0.4) is 0 Å². The van der Waals surface area contributed by atoms with Crippen LogP contribution in [0.4, 0.5) is 0 Å². The van der Waals surface area contributed by atoms with Gasteiger partial charge in [-0.15, -0.1) is 0 Å². The van der Waals surface area contributed by atoms with E-state index in [2.05, 4.69) is 79.6 Å². The summed E-state index contributed by atoms with van der Waals surface area (Å²) in [5, 5.41) is -0.107. The van der Waals surface area contributed by atoms with Gasteiger partial charge in [0, 0.05) is 0 Å². The van der Waals surface area contributed by atoms with Crippen molar-refractivity contribution in [1.82, 2.24) is 0 Å². The van der Waals surface area contributed by atoms with Crippen LogP contribution in [0.5, 0.6) is 5.75 Å². The van der Waals surface area contributed by atoms with Gasteiger partial charge >= 0.3 is 0 Å². The van der Waals surface area contributed by atoms with Crippen LogP contribution in [-0.4, -0.2) is 11.9 Å². The van der Waals surface area contributed by atoms with Crippen molar-refractivity contribution in [1.29, 1.82) is 0 Å². The predicted molar refractivity (Wildman–Crippen MR) is 120 cm³/mol. The molecule has 1 aliphatic rings. The Labute approximate surface area is 206 Å². The zero-order valence-electron chi connectivity index (χ0n) is 11.4. The highest BCUT2D eigenvalue weighted by atomic mass is 79.9. The minimum absolute atomic E-state index is 0.0479. The molecular weight excluding hydrogens is 753 g/mol. The number of halogens is 10. The highest BCUT2D eigenvalue weighted by molar-refractivity contribution is 9.26. The Hall–Kier alpha value is 2.83. The minimum Gasteiger partial charge on any atom is -0.462 e. The first-order valence-electron chi connectivity index (χ1n) is 6.12. The highest BCUT2D eigenvalue weighted by Gasteiger charge is 2.74. The lowest BCUT2D eigenvalue weighted by Gasteiger charge is -2.60.